The molecule has 1 aromatic carbocycles. The van der Waals surface area contributed by atoms with Crippen LogP contribution >= 0.6 is 0 Å². The van der Waals surface area contributed by atoms with Crippen molar-refractivity contribution < 1.29 is 0 Å². The summed E-state index contributed by atoms with van der Waals surface area (Å²) in [6, 6.07) is 12.9. The van der Waals surface area contributed by atoms with Crippen LogP contribution in [-0.4, -0.2) is 0 Å². The first-order valence-electron chi connectivity index (χ1n) is 5.25. The van der Waals surface area contributed by atoms with Gasteiger partial charge in [-0.1, -0.05) is 43.7 Å². The Balaban J connectivity index is 2.24. The minimum absolute atomic E-state index is 0.0681. The van der Waals surface area contributed by atoms with E-state index in [9.17, 15) is 5.26 Å². The van der Waals surface area contributed by atoms with Crippen molar-refractivity contribution in [3.63, 3.8) is 0 Å². The van der Waals surface area contributed by atoms with Gasteiger partial charge in [-0.25, -0.2) is 0 Å². The van der Waals surface area contributed by atoms with Crippen LogP contribution in [0.3, 0.4) is 0 Å². The highest BCUT2D eigenvalue weighted by Gasteiger charge is 2.42. The molecule has 2 rings (SSSR count). The fraction of sp³-hybridized carbons (Fsp3) is 0.462. The van der Waals surface area contributed by atoms with Gasteiger partial charge in [0.05, 0.1) is 11.5 Å². The molecule has 1 aromatic rings. The molecule has 1 nitrogen and oxygen atoms in total. The van der Waals surface area contributed by atoms with Crippen LogP contribution in [0.1, 0.15) is 37.7 Å². The normalized spacial score (nSPS) is 20.6. The summed E-state index contributed by atoms with van der Waals surface area (Å²) in [5.74, 6) is 0.377. The Morgan fingerprint density at radius 1 is 1.29 bits per heavy atom. The Morgan fingerprint density at radius 2 is 1.93 bits per heavy atom. The summed E-state index contributed by atoms with van der Waals surface area (Å²) in [6.45, 7) is 2.18. The van der Waals surface area contributed by atoms with Crippen LogP contribution in [0.4, 0.5) is 0 Å². The first-order valence-corrected chi connectivity index (χ1v) is 5.25. The molecule has 0 saturated heterocycles. The van der Waals surface area contributed by atoms with E-state index in [0.29, 0.717) is 5.92 Å². The molecule has 1 saturated carbocycles. The van der Waals surface area contributed by atoms with Crippen molar-refractivity contribution in [3.05, 3.63) is 35.9 Å². The Hall–Kier alpha value is -1.29. The van der Waals surface area contributed by atoms with Crippen molar-refractivity contribution >= 4 is 0 Å². The minimum atomic E-state index is -0.0681. The Bertz CT molecular complexity index is 343. The zero-order valence-electron chi connectivity index (χ0n) is 8.53. The SMILES string of the molecule is C[C@H](c1ccccc1)C1(C#N)CCC1. The number of nitriles is 1. The summed E-state index contributed by atoms with van der Waals surface area (Å²) in [5.41, 5.74) is 1.23. The van der Waals surface area contributed by atoms with E-state index in [1.165, 1.54) is 12.0 Å². The highest BCUT2D eigenvalue weighted by Crippen LogP contribution is 2.50. The Kier molecular flexibility index (Phi) is 2.29. The zero-order valence-corrected chi connectivity index (χ0v) is 8.53. The summed E-state index contributed by atoms with van der Waals surface area (Å²) >= 11 is 0. The molecule has 1 aliphatic rings. The fourth-order valence-electron chi connectivity index (χ4n) is 2.26. The number of rotatable bonds is 2. The molecule has 0 radical (unpaired) electrons. The van der Waals surface area contributed by atoms with E-state index in [4.69, 9.17) is 0 Å². The van der Waals surface area contributed by atoms with Crippen molar-refractivity contribution in [2.24, 2.45) is 5.41 Å². The van der Waals surface area contributed by atoms with Gasteiger partial charge in [0, 0.05) is 0 Å². The van der Waals surface area contributed by atoms with Gasteiger partial charge in [0.25, 0.3) is 0 Å². The third-order valence-corrected chi connectivity index (χ3v) is 3.60. The molecular formula is C13H15N. The second-order valence-corrected chi connectivity index (χ2v) is 4.25. The fourth-order valence-corrected chi connectivity index (χ4v) is 2.26. The Morgan fingerprint density at radius 3 is 2.36 bits per heavy atom. The van der Waals surface area contributed by atoms with E-state index in [2.05, 4.69) is 37.3 Å². The van der Waals surface area contributed by atoms with E-state index in [1.54, 1.807) is 0 Å². The van der Waals surface area contributed by atoms with Gasteiger partial charge in [-0.3, -0.25) is 0 Å². The summed E-state index contributed by atoms with van der Waals surface area (Å²) in [5, 5.41) is 9.22. The number of nitrogens with zero attached hydrogens (tertiary/aromatic N) is 1. The average Bonchev–Trinajstić information content (AvgIpc) is 2.18. The third kappa shape index (κ3) is 1.32. The molecule has 14 heavy (non-hydrogen) atoms. The average molecular weight is 185 g/mol. The molecule has 1 fully saturated rings. The summed E-state index contributed by atoms with van der Waals surface area (Å²) < 4.78 is 0. The van der Waals surface area contributed by atoms with Crippen molar-refractivity contribution in [2.45, 2.75) is 32.1 Å². The molecule has 0 unspecified atom stereocenters. The van der Waals surface area contributed by atoms with E-state index < -0.39 is 0 Å². The van der Waals surface area contributed by atoms with Gasteiger partial charge >= 0.3 is 0 Å². The highest BCUT2D eigenvalue weighted by atomic mass is 14.5. The van der Waals surface area contributed by atoms with Crippen molar-refractivity contribution in [1.29, 1.82) is 5.26 Å². The van der Waals surface area contributed by atoms with Gasteiger partial charge in [0.15, 0.2) is 0 Å². The van der Waals surface area contributed by atoms with E-state index in [0.717, 1.165) is 12.8 Å². The maximum absolute atomic E-state index is 9.22. The molecule has 72 valence electrons. The molecule has 0 bridgehead atoms. The van der Waals surface area contributed by atoms with Crippen LogP contribution < -0.4 is 0 Å². The van der Waals surface area contributed by atoms with E-state index in [-0.39, 0.29) is 5.41 Å². The molecule has 0 aliphatic heterocycles. The lowest BCUT2D eigenvalue weighted by Gasteiger charge is -2.40. The zero-order chi connectivity index (χ0) is 10.0. The van der Waals surface area contributed by atoms with Gasteiger partial charge in [-0.05, 0) is 24.3 Å². The summed E-state index contributed by atoms with van der Waals surface area (Å²) in [7, 11) is 0. The maximum Gasteiger partial charge on any atom is 0.0696 e. The number of hydrogen-bond donors (Lipinski definition) is 0. The largest absolute Gasteiger partial charge is 0.198 e. The van der Waals surface area contributed by atoms with Gasteiger partial charge in [0.1, 0.15) is 0 Å². The molecule has 0 N–H and O–H groups in total. The van der Waals surface area contributed by atoms with E-state index >= 15 is 0 Å². The first-order chi connectivity index (χ1) is 6.78. The van der Waals surface area contributed by atoms with Gasteiger partial charge < -0.3 is 0 Å². The number of hydrogen-bond acceptors (Lipinski definition) is 1. The summed E-state index contributed by atoms with van der Waals surface area (Å²) in [4.78, 5) is 0. The molecular weight excluding hydrogens is 170 g/mol. The van der Waals surface area contributed by atoms with Crippen LogP contribution in [0.15, 0.2) is 30.3 Å². The van der Waals surface area contributed by atoms with Crippen LogP contribution in [-0.2, 0) is 0 Å². The predicted molar refractivity (Wildman–Crippen MR) is 56.8 cm³/mol. The molecule has 0 aromatic heterocycles. The van der Waals surface area contributed by atoms with Crippen LogP contribution in [0.5, 0.6) is 0 Å². The molecule has 0 spiro atoms. The third-order valence-electron chi connectivity index (χ3n) is 3.60. The summed E-state index contributed by atoms with van der Waals surface area (Å²) in [6.07, 6.45) is 3.35. The lowest BCUT2D eigenvalue weighted by molar-refractivity contribution is 0.175. The molecule has 1 atom stereocenters. The van der Waals surface area contributed by atoms with Crippen LogP contribution in [0.2, 0.25) is 0 Å². The van der Waals surface area contributed by atoms with Crippen molar-refractivity contribution in [1.82, 2.24) is 0 Å². The second-order valence-electron chi connectivity index (χ2n) is 4.25. The molecule has 0 heterocycles. The topological polar surface area (TPSA) is 23.8 Å². The van der Waals surface area contributed by atoms with Crippen molar-refractivity contribution in [3.8, 4) is 6.07 Å². The predicted octanol–water partition coefficient (Wildman–Crippen LogP) is 3.48. The monoisotopic (exact) mass is 185 g/mol. The minimum Gasteiger partial charge on any atom is -0.198 e. The standard InChI is InChI=1S/C13H15N/c1-11(12-6-3-2-4-7-12)13(10-14)8-5-9-13/h2-4,6-7,11H,5,8-9H2,1H3/t11-/m1/s1. The van der Waals surface area contributed by atoms with Gasteiger partial charge in [-0.15, -0.1) is 0 Å². The number of benzene rings is 1. The smallest absolute Gasteiger partial charge is 0.0696 e. The quantitative estimate of drug-likeness (QED) is 0.692. The molecule has 0 amide bonds. The highest BCUT2D eigenvalue weighted by molar-refractivity contribution is 5.26. The molecule has 1 aliphatic carbocycles. The molecule has 1 heteroatoms. The van der Waals surface area contributed by atoms with Crippen LogP contribution in [0, 0.1) is 16.7 Å². The maximum atomic E-state index is 9.22. The van der Waals surface area contributed by atoms with E-state index in [1.807, 2.05) is 6.07 Å². The van der Waals surface area contributed by atoms with Gasteiger partial charge in [0.2, 0.25) is 0 Å². The van der Waals surface area contributed by atoms with Gasteiger partial charge in [-0.2, -0.15) is 5.26 Å². The second kappa shape index (κ2) is 3.46. The van der Waals surface area contributed by atoms with Crippen molar-refractivity contribution in [2.75, 3.05) is 0 Å². The Labute approximate surface area is 85.4 Å². The lowest BCUT2D eigenvalue weighted by Crippen LogP contribution is -2.33. The van der Waals surface area contributed by atoms with Crippen LogP contribution in [0.25, 0.3) is 0 Å². The lowest BCUT2D eigenvalue weighted by atomic mass is 9.61. The first kappa shape index (κ1) is 9.27.